The molecule has 0 aliphatic rings. The Labute approximate surface area is 126 Å². The number of carbonyl (C=O) groups excluding carboxylic acids is 1. The van der Waals surface area contributed by atoms with Gasteiger partial charge in [0.1, 0.15) is 23.6 Å². The smallest absolute Gasteiger partial charge is 0.240 e. The summed E-state index contributed by atoms with van der Waals surface area (Å²) in [4.78, 5) is 11.6. The molecule has 1 aromatic heterocycles. The number of hydrogen-bond donors (Lipinski definition) is 1. The third kappa shape index (κ3) is 2.76. The van der Waals surface area contributed by atoms with Gasteiger partial charge in [-0.1, -0.05) is 6.07 Å². The van der Waals surface area contributed by atoms with Crippen LogP contribution in [0.2, 0.25) is 0 Å². The lowest BCUT2D eigenvalue weighted by Gasteiger charge is -2.12. The van der Waals surface area contributed by atoms with E-state index >= 15 is 0 Å². The minimum atomic E-state index is -0.427. The fourth-order valence-corrected chi connectivity index (χ4v) is 2.23. The molecule has 0 unspecified atom stereocenters. The zero-order valence-corrected chi connectivity index (χ0v) is 12.3. The highest BCUT2D eigenvalue weighted by Gasteiger charge is 2.20. The van der Waals surface area contributed by atoms with Crippen molar-refractivity contribution in [3.63, 3.8) is 0 Å². The van der Waals surface area contributed by atoms with E-state index in [0.717, 1.165) is 11.3 Å². The third-order valence-corrected chi connectivity index (χ3v) is 3.51. The largest absolute Gasteiger partial charge is 0.310 e. The van der Waals surface area contributed by atoms with Gasteiger partial charge in [-0.3, -0.25) is 9.36 Å². The summed E-state index contributed by atoms with van der Waals surface area (Å²) in [5.41, 5.74) is 2.35. The van der Waals surface area contributed by atoms with E-state index in [1.165, 1.54) is 12.1 Å². The third-order valence-electron chi connectivity index (χ3n) is 3.27. The Morgan fingerprint density at radius 3 is 2.76 bits per heavy atom. The van der Waals surface area contributed by atoms with Gasteiger partial charge >= 0.3 is 0 Å². The number of nitriles is 1. The minimum Gasteiger partial charge on any atom is -0.310 e. The summed E-state index contributed by atoms with van der Waals surface area (Å²) in [6.45, 7) is 3.58. The number of hydrogen-bond acceptors (Lipinski definition) is 2. The molecule has 0 saturated carbocycles. The van der Waals surface area contributed by atoms with Crippen LogP contribution < -0.4 is 5.32 Å². The van der Waals surface area contributed by atoms with Gasteiger partial charge in [0.15, 0.2) is 0 Å². The number of anilines is 1. The Kier molecular flexibility index (Phi) is 4.29. The van der Waals surface area contributed by atoms with Crippen molar-refractivity contribution in [3.8, 4) is 11.8 Å². The maximum atomic E-state index is 13.4. The lowest BCUT2D eigenvalue weighted by atomic mass is 10.2. The van der Waals surface area contributed by atoms with Crippen LogP contribution in [0.3, 0.4) is 0 Å². The van der Waals surface area contributed by atoms with Gasteiger partial charge in [-0.15, -0.1) is 11.6 Å². The Morgan fingerprint density at radius 2 is 2.19 bits per heavy atom. The highest BCUT2D eigenvalue weighted by atomic mass is 35.5. The summed E-state index contributed by atoms with van der Waals surface area (Å²) in [6, 6.07) is 8.00. The fraction of sp³-hybridized carbons (Fsp3) is 0.200. The standard InChI is InChI=1S/C15H13ClFN3O/c1-9-10(2)20(12-5-3-4-11(17)6-12)15(13(9)8-18)19-14(21)7-16/h3-6H,7H2,1-2H3,(H,19,21). The van der Waals surface area contributed by atoms with Crippen molar-refractivity contribution in [2.45, 2.75) is 13.8 Å². The number of nitrogens with zero attached hydrogens (tertiary/aromatic N) is 2. The van der Waals surface area contributed by atoms with Gasteiger partial charge in [0.25, 0.3) is 0 Å². The molecule has 0 aliphatic carbocycles. The van der Waals surface area contributed by atoms with Gasteiger partial charge in [0, 0.05) is 5.69 Å². The molecule has 1 aromatic carbocycles. The van der Waals surface area contributed by atoms with E-state index in [1.54, 1.807) is 30.5 Å². The molecule has 2 aromatic rings. The predicted octanol–water partition coefficient (Wildman–Crippen LogP) is 3.28. The molecular weight excluding hydrogens is 293 g/mol. The number of benzene rings is 1. The van der Waals surface area contributed by atoms with Gasteiger partial charge in [-0.2, -0.15) is 5.26 Å². The summed E-state index contributed by atoms with van der Waals surface area (Å²) in [5, 5.41) is 11.9. The molecule has 1 N–H and O–H groups in total. The first kappa shape index (κ1) is 15.1. The highest BCUT2D eigenvalue weighted by Crippen LogP contribution is 2.30. The van der Waals surface area contributed by atoms with E-state index in [0.29, 0.717) is 17.1 Å². The molecule has 0 aliphatic heterocycles. The molecule has 2 rings (SSSR count). The number of amides is 1. The van der Waals surface area contributed by atoms with Crippen LogP contribution in [0.1, 0.15) is 16.8 Å². The van der Waals surface area contributed by atoms with Gasteiger partial charge < -0.3 is 5.32 Å². The van der Waals surface area contributed by atoms with E-state index in [-0.39, 0.29) is 5.88 Å². The summed E-state index contributed by atoms with van der Waals surface area (Å²) in [5.74, 6) is -0.740. The van der Waals surface area contributed by atoms with Crippen molar-refractivity contribution >= 4 is 23.3 Å². The lowest BCUT2D eigenvalue weighted by molar-refractivity contribution is -0.113. The van der Waals surface area contributed by atoms with Crippen LogP contribution in [0, 0.1) is 31.0 Å². The summed E-state index contributed by atoms with van der Waals surface area (Å²) in [6.07, 6.45) is 0. The van der Waals surface area contributed by atoms with Gasteiger partial charge in [0.2, 0.25) is 5.91 Å². The second kappa shape index (κ2) is 5.98. The molecule has 0 radical (unpaired) electrons. The zero-order valence-electron chi connectivity index (χ0n) is 11.6. The summed E-state index contributed by atoms with van der Waals surface area (Å²) >= 11 is 5.50. The number of halogens is 2. The highest BCUT2D eigenvalue weighted by molar-refractivity contribution is 6.29. The SMILES string of the molecule is Cc1c(C#N)c(NC(=O)CCl)n(-c2cccc(F)c2)c1C. The quantitative estimate of drug-likeness (QED) is 0.885. The molecule has 4 nitrogen and oxygen atoms in total. The molecule has 1 heterocycles. The Hall–Kier alpha value is -2.32. The van der Waals surface area contributed by atoms with Gasteiger partial charge in [-0.25, -0.2) is 4.39 Å². The number of alkyl halides is 1. The van der Waals surface area contributed by atoms with Crippen molar-refractivity contribution in [3.05, 3.63) is 46.9 Å². The van der Waals surface area contributed by atoms with Crippen LogP contribution in [0.15, 0.2) is 24.3 Å². The molecule has 21 heavy (non-hydrogen) atoms. The van der Waals surface area contributed by atoms with Crippen molar-refractivity contribution in [1.82, 2.24) is 4.57 Å². The topological polar surface area (TPSA) is 57.8 Å². The van der Waals surface area contributed by atoms with E-state index in [2.05, 4.69) is 11.4 Å². The molecule has 1 amide bonds. The van der Waals surface area contributed by atoms with E-state index in [4.69, 9.17) is 11.6 Å². The van der Waals surface area contributed by atoms with Crippen LogP contribution >= 0.6 is 11.6 Å². The minimum absolute atomic E-state index is 0.225. The van der Waals surface area contributed by atoms with Crippen molar-refractivity contribution in [1.29, 1.82) is 5.26 Å². The molecule has 0 spiro atoms. The number of aromatic nitrogens is 1. The molecule has 0 saturated heterocycles. The Morgan fingerprint density at radius 1 is 1.48 bits per heavy atom. The van der Waals surface area contributed by atoms with Crippen LogP contribution in [0.4, 0.5) is 10.2 Å². The fourth-order valence-electron chi connectivity index (χ4n) is 2.16. The van der Waals surface area contributed by atoms with Gasteiger partial charge in [-0.05, 0) is 37.6 Å². The lowest BCUT2D eigenvalue weighted by Crippen LogP contribution is -2.16. The van der Waals surface area contributed by atoms with Gasteiger partial charge in [0.05, 0.1) is 11.3 Å². The first-order chi connectivity index (χ1) is 9.99. The number of rotatable bonds is 3. The number of carbonyl (C=O) groups is 1. The normalized spacial score (nSPS) is 10.2. The second-order valence-electron chi connectivity index (χ2n) is 4.54. The summed E-state index contributed by atoms with van der Waals surface area (Å²) < 4.78 is 15.1. The van der Waals surface area contributed by atoms with Crippen LogP contribution in [0.25, 0.3) is 5.69 Å². The number of nitrogens with one attached hydrogen (secondary N) is 1. The molecule has 0 fully saturated rings. The van der Waals surface area contributed by atoms with Crippen molar-refractivity contribution in [2.75, 3.05) is 11.2 Å². The van der Waals surface area contributed by atoms with E-state index in [9.17, 15) is 14.4 Å². The predicted molar refractivity (Wildman–Crippen MR) is 79.3 cm³/mol. The Balaban J connectivity index is 2.70. The van der Waals surface area contributed by atoms with Crippen molar-refractivity contribution in [2.24, 2.45) is 0 Å². The summed E-state index contributed by atoms with van der Waals surface area (Å²) in [7, 11) is 0. The van der Waals surface area contributed by atoms with Crippen molar-refractivity contribution < 1.29 is 9.18 Å². The Bertz CT molecular complexity index is 746. The first-order valence-electron chi connectivity index (χ1n) is 6.23. The maximum absolute atomic E-state index is 13.4. The monoisotopic (exact) mass is 305 g/mol. The first-order valence-corrected chi connectivity index (χ1v) is 6.76. The molecule has 108 valence electrons. The zero-order chi connectivity index (χ0) is 15.6. The molecular formula is C15H13ClFN3O. The van der Waals surface area contributed by atoms with E-state index < -0.39 is 11.7 Å². The molecule has 6 heteroatoms. The molecule has 0 atom stereocenters. The maximum Gasteiger partial charge on any atom is 0.240 e. The van der Waals surface area contributed by atoms with E-state index in [1.807, 2.05) is 0 Å². The average Bonchev–Trinajstić information content (AvgIpc) is 2.70. The van der Waals surface area contributed by atoms with Crippen LogP contribution in [-0.4, -0.2) is 16.4 Å². The van der Waals surface area contributed by atoms with Crippen LogP contribution in [-0.2, 0) is 4.79 Å². The average molecular weight is 306 g/mol. The molecule has 0 bridgehead atoms. The van der Waals surface area contributed by atoms with Crippen LogP contribution in [0.5, 0.6) is 0 Å². The second-order valence-corrected chi connectivity index (χ2v) is 4.81.